The Kier molecular flexibility index (Phi) is 51.5. The average Bonchev–Trinajstić information content (AvgIpc) is 0.779. The number of carbonyl (C=O) groups is 4. The average molecular weight is 1540 g/mol. The number of hydrogen-bond donors (Lipinski definition) is 14. The number of unbranched alkanes of at least 4 members (excludes halogenated alkanes) is 32. The Balaban J connectivity index is 2.08. The molecular weight excluding hydrogens is 1400 g/mol. The Bertz CT molecular complexity index is 2360. The molecule has 0 radical (unpaired) electrons. The van der Waals surface area contributed by atoms with Crippen molar-refractivity contribution in [2.45, 2.75) is 420 Å². The van der Waals surface area contributed by atoms with E-state index in [1.54, 1.807) is 0 Å². The minimum atomic E-state index is -5.68. The fraction of sp³-hybridized carbons (Fsp3) is 0.945. The van der Waals surface area contributed by atoms with Crippen LogP contribution in [0.2, 0.25) is 0 Å². The minimum Gasteiger partial charge on any atom is -0.457 e. The molecule has 15 N–H and O–H groups in total. The molecular formula is C73H139N3O26P2. The van der Waals surface area contributed by atoms with Crippen molar-refractivity contribution in [2.75, 3.05) is 19.8 Å². The number of rotatable bonds is 62. The molecule has 3 fully saturated rings. The molecule has 0 spiro atoms. The monoisotopic (exact) mass is 1540 g/mol. The second-order valence-electron chi connectivity index (χ2n) is 29.2. The third-order valence-corrected chi connectivity index (χ3v) is 21.0. The lowest BCUT2D eigenvalue weighted by Gasteiger charge is -2.47. The SMILES string of the molecule is CCCCCCCCCCC[C@@H](O)CC(=O)N[C@H]1[C@H](OC[C@H]2O[C@H](OP(=O)(O)O)[C@H](NC(=O)C[C@H](O)CCCCCCCCCCC)[C@@H](OC(=O)C[C@H](O)CCCCCCCCCCC)[C@@H]2O)O[C@H](CO)[C@@H](OP(=O)(O)O[C@H]2OC[C@H](N)[C@H](O)[C@H]2O)[C@@H]1OC(=O)C[C@H](O)CCCCCCCCCCC. The maximum absolute atomic E-state index is 14.4. The van der Waals surface area contributed by atoms with Crippen LogP contribution in [0.3, 0.4) is 0 Å². The van der Waals surface area contributed by atoms with Gasteiger partial charge in [0.15, 0.2) is 31.1 Å². The molecule has 19 atom stereocenters. The third kappa shape index (κ3) is 41.6. The lowest BCUT2D eigenvalue weighted by Crippen LogP contribution is -2.68. The van der Waals surface area contributed by atoms with Crippen LogP contribution in [0.4, 0.5) is 0 Å². The zero-order valence-electron chi connectivity index (χ0n) is 63.1. The molecule has 31 heteroatoms. The Hall–Kier alpha value is -2.42. The molecule has 1 unspecified atom stereocenters. The van der Waals surface area contributed by atoms with Crippen molar-refractivity contribution in [1.29, 1.82) is 0 Å². The standard InChI is InChI=1S/C73H139N3O26P2/c1-5-9-13-17-21-25-29-33-37-41-52(78)45-59(82)75-63-69(98-61(84)47-54(80)43-39-35-31-27-23-19-15-11-7-3)66(87)58(97-72(63)101-103(89,90)91)51-95-71-64(76-60(83)46-53(79)42-38-34-30-26-22-18-14-10-6-2)70(99-62(85)48-55(81)44-40-36-32-28-24-20-16-12-8-4)68(57(49-77)96-71)100-104(92,93)102-73-67(88)65(86)56(74)50-94-73/h52-58,63-73,77-81,86-88H,5-51,74H2,1-4H3,(H,75,82)(H,76,83)(H,92,93)(H2,89,90,91)/t52-,53-,54-,55-,56+,57-,58-,63-,64-,65+,66-,67-,68-,69-,70-,71-,72-,73-/m1/s1. The van der Waals surface area contributed by atoms with Crippen molar-refractivity contribution in [2.24, 2.45) is 5.73 Å². The molecule has 0 aromatic heterocycles. The Morgan fingerprint density at radius 1 is 0.433 bits per heavy atom. The van der Waals surface area contributed by atoms with Crippen molar-refractivity contribution >= 4 is 39.4 Å². The number of phosphoric acid groups is 2. The topological polar surface area (TPSA) is 458 Å². The minimum absolute atomic E-state index is 0.151. The Labute approximate surface area is 619 Å². The van der Waals surface area contributed by atoms with Gasteiger partial charge in [0, 0.05) is 0 Å². The fourth-order valence-corrected chi connectivity index (χ4v) is 15.0. The number of hydrogen-bond acceptors (Lipinski definition) is 24. The number of nitrogens with two attached hydrogens (primary N) is 1. The molecule has 0 aromatic rings. The first-order chi connectivity index (χ1) is 49.8. The molecule has 3 aliphatic rings. The van der Waals surface area contributed by atoms with Gasteiger partial charge in [-0.1, -0.05) is 259 Å². The Morgan fingerprint density at radius 3 is 1.15 bits per heavy atom. The molecule has 29 nitrogen and oxygen atoms in total. The quantitative estimate of drug-likeness (QED) is 0.0153. The van der Waals surface area contributed by atoms with Gasteiger partial charge in [-0.15, -0.1) is 0 Å². The summed E-state index contributed by atoms with van der Waals surface area (Å²) in [5.41, 5.74) is 5.82. The second kappa shape index (κ2) is 55.9. The molecule has 0 aromatic carbocycles. The van der Waals surface area contributed by atoms with Crippen LogP contribution in [0, 0.1) is 0 Å². The van der Waals surface area contributed by atoms with Gasteiger partial charge in [0.2, 0.25) is 11.8 Å². The van der Waals surface area contributed by atoms with E-state index in [1.807, 2.05) is 0 Å². The number of aliphatic hydroxyl groups excluding tert-OH is 8. The van der Waals surface area contributed by atoms with Crippen LogP contribution in [-0.2, 0) is 70.3 Å². The lowest BCUT2D eigenvalue weighted by atomic mass is 9.95. The summed E-state index contributed by atoms with van der Waals surface area (Å²) in [5, 5.41) is 94.5. The Morgan fingerprint density at radius 2 is 0.779 bits per heavy atom. The van der Waals surface area contributed by atoms with Gasteiger partial charge < -0.3 is 100 Å². The smallest absolute Gasteiger partial charge is 0.457 e. The van der Waals surface area contributed by atoms with E-state index in [0.717, 1.165) is 193 Å². The molecule has 2 amide bonds. The number of aliphatic hydroxyl groups is 8. The van der Waals surface area contributed by atoms with Gasteiger partial charge in [-0.3, -0.25) is 32.7 Å². The first kappa shape index (κ1) is 95.8. The van der Waals surface area contributed by atoms with E-state index in [4.69, 9.17) is 47.7 Å². The number of esters is 2. The summed E-state index contributed by atoms with van der Waals surface area (Å²) < 4.78 is 78.6. The highest BCUT2D eigenvalue weighted by Gasteiger charge is 2.56. The zero-order chi connectivity index (χ0) is 76.7. The van der Waals surface area contributed by atoms with E-state index in [9.17, 15) is 83.8 Å². The van der Waals surface area contributed by atoms with Crippen molar-refractivity contribution in [3.8, 4) is 0 Å². The van der Waals surface area contributed by atoms with Gasteiger partial charge in [-0.2, -0.15) is 0 Å². The summed E-state index contributed by atoms with van der Waals surface area (Å²) in [5.74, 6) is -4.15. The number of carbonyl (C=O) groups excluding carboxylic acids is 4. The van der Waals surface area contributed by atoms with Gasteiger partial charge in [-0.05, 0) is 25.7 Å². The summed E-state index contributed by atoms with van der Waals surface area (Å²) in [6, 6.07) is -5.02. The number of amides is 2. The van der Waals surface area contributed by atoms with E-state index in [0.29, 0.717) is 25.7 Å². The molecule has 3 heterocycles. The number of ether oxygens (including phenoxy) is 6. The zero-order valence-corrected chi connectivity index (χ0v) is 64.9. The van der Waals surface area contributed by atoms with Crippen LogP contribution in [-0.4, -0.2) is 209 Å². The van der Waals surface area contributed by atoms with E-state index in [-0.39, 0.29) is 25.7 Å². The molecule has 104 heavy (non-hydrogen) atoms. The lowest BCUT2D eigenvalue weighted by molar-refractivity contribution is -0.297. The summed E-state index contributed by atoms with van der Waals surface area (Å²) >= 11 is 0. The van der Waals surface area contributed by atoms with E-state index >= 15 is 0 Å². The molecule has 3 aliphatic heterocycles. The summed E-state index contributed by atoms with van der Waals surface area (Å²) in [6.07, 6.45) is 6.25. The van der Waals surface area contributed by atoms with E-state index in [2.05, 4.69) is 38.3 Å². The predicted octanol–water partition coefficient (Wildman–Crippen LogP) is 9.30. The first-order valence-electron chi connectivity index (χ1n) is 39.8. The normalized spacial score (nSPS) is 26.3. The highest BCUT2D eigenvalue weighted by Crippen LogP contribution is 2.50. The molecule has 0 saturated carbocycles. The number of nitrogens with one attached hydrogen (secondary N) is 2. The summed E-state index contributed by atoms with van der Waals surface area (Å²) in [4.78, 5) is 88.7. The van der Waals surface area contributed by atoms with Crippen LogP contribution >= 0.6 is 15.6 Å². The van der Waals surface area contributed by atoms with Gasteiger partial charge in [0.1, 0.15) is 48.7 Å². The molecule has 0 aliphatic carbocycles. The van der Waals surface area contributed by atoms with Gasteiger partial charge in [0.05, 0.1) is 76.0 Å². The van der Waals surface area contributed by atoms with Crippen LogP contribution < -0.4 is 16.4 Å². The van der Waals surface area contributed by atoms with E-state index < -0.39 is 195 Å². The van der Waals surface area contributed by atoms with Crippen molar-refractivity contribution in [3.05, 3.63) is 0 Å². The third-order valence-electron chi connectivity index (χ3n) is 19.6. The largest absolute Gasteiger partial charge is 0.475 e. The van der Waals surface area contributed by atoms with Crippen LogP contribution in [0.15, 0.2) is 0 Å². The first-order valence-corrected chi connectivity index (χ1v) is 42.9. The molecule has 612 valence electrons. The highest BCUT2D eigenvalue weighted by atomic mass is 31.2. The second-order valence-corrected chi connectivity index (χ2v) is 31.7. The molecule has 0 bridgehead atoms. The molecule has 3 rings (SSSR count). The summed E-state index contributed by atoms with van der Waals surface area (Å²) in [7, 11) is -11.3. The van der Waals surface area contributed by atoms with Gasteiger partial charge in [0.25, 0.3) is 0 Å². The summed E-state index contributed by atoms with van der Waals surface area (Å²) in [6.45, 7) is 5.93. The highest BCUT2D eigenvalue weighted by molar-refractivity contribution is 7.47. The van der Waals surface area contributed by atoms with Crippen LogP contribution in [0.1, 0.15) is 310 Å². The van der Waals surface area contributed by atoms with Gasteiger partial charge in [-0.25, -0.2) is 9.13 Å². The fourth-order valence-electron chi connectivity index (χ4n) is 13.5. The van der Waals surface area contributed by atoms with Crippen molar-refractivity contribution in [1.82, 2.24) is 10.6 Å². The van der Waals surface area contributed by atoms with Crippen molar-refractivity contribution in [3.63, 3.8) is 0 Å². The van der Waals surface area contributed by atoms with Crippen LogP contribution in [0.25, 0.3) is 0 Å². The maximum atomic E-state index is 14.4. The number of phosphoric ester groups is 2. The van der Waals surface area contributed by atoms with Crippen LogP contribution in [0.5, 0.6) is 0 Å². The maximum Gasteiger partial charge on any atom is 0.475 e. The van der Waals surface area contributed by atoms with Gasteiger partial charge >= 0.3 is 27.6 Å². The van der Waals surface area contributed by atoms with E-state index in [1.165, 1.54) is 12.8 Å². The predicted molar refractivity (Wildman–Crippen MR) is 389 cm³/mol. The molecule has 3 saturated heterocycles. The van der Waals surface area contributed by atoms with Crippen molar-refractivity contribution < 1.29 is 126 Å².